The van der Waals surface area contributed by atoms with Gasteiger partial charge in [0.05, 0.1) is 18.4 Å². The van der Waals surface area contributed by atoms with Crippen LogP contribution in [0.15, 0.2) is 30.5 Å². The zero-order valence-corrected chi connectivity index (χ0v) is 30.0. The van der Waals surface area contributed by atoms with Gasteiger partial charge in [0.1, 0.15) is 23.7 Å². The van der Waals surface area contributed by atoms with Crippen LogP contribution in [0.5, 0.6) is 5.88 Å². The summed E-state index contributed by atoms with van der Waals surface area (Å²) in [5, 5.41) is 6.99. The Morgan fingerprint density at radius 3 is 2.57 bits per heavy atom. The van der Waals surface area contributed by atoms with Gasteiger partial charge in [-0.15, -0.1) is 0 Å². The molecule has 14 heteroatoms. The monoisotopic (exact) mass is 723 g/mol. The van der Waals surface area contributed by atoms with Crippen molar-refractivity contribution in [2.24, 2.45) is 11.8 Å². The highest BCUT2D eigenvalue weighted by Crippen LogP contribution is 2.47. The number of alkyl carbamates (subject to hydrolysis) is 1. The van der Waals surface area contributed by atoms with Gasteiger partial charge >= 0.3 is 6.09 Å². The summed E-state index contributed by atoms with van der Waals surface area (Å²) in [5.74, 6) is -1.68. The number of amides is 4. The maximum Gasteiger partial charge on any atom is 0.407 e. The molecule has 276 valence electrons. The SMILES string of the molecule is CC[C@@H]1C[C@]1(NC(=O)[C@@H]1C[C@@H]2CN1C(=O)[C@H](C1CCCCC1)NC(=O)OCCCCCc1ccc3ccnc(c3c1)O2)C(=O)NS(=O)(=O)C1CC1. The van der Waals surface area contributed by atoms with Gasteiger partial charge in [-0.25, -0.2) is 18.2 Å². The zero-order valence-electron chi connectivity index (χ0n) is 29.2. The van der Waals surface area contributed by atoms with E-state index in [2.05, 4.69) is 32.5 Å². The van der Waals surface area contributed by atoms with E-state index in [1.165, 1.54) is 4.90 Å². The molecule has 3 saturated carbocycles. The number of ether oxygens (including phenoxy) is 2. The van der Waals surface area contributed by atoms with Crippen LogP contribution in [0, 0.1) is 11.8 Å². The Balaban J connectivity index is 1.20. The number of sulfonamides is 1. The summed E-state index contributed by atoms with van der Waals surface area (Å²) >= 11 is 0. The van der Waals surface area contributed by atoms with E-state index >= 15 is 0 Å². The first kappa shape index (κ1) is 35.5. The minimum Gasteiger partial charge on any atom is -0.472 e. The van der Waals surface area contributed by atoms with E-state index in [4.69, 9.17) is 9.47 Å². The van der Waals surface area contributed by atoms with Gasteiger partial charge in [0.25, 0.3) is 5.91 Å². The number of carbonyl (C=O) groups excluding carboxylic acids is 4. The summed E-state index contributed by atoms with van der Waals surface area (Å²) < 4.78 is 39.8. The summed E-state index contributed by atoms with van der Waals surface area (Å²) in [7, 11) is -3.84. The van der Waals surface area contributed by atoms with Crippen LogP contribution < -0.4 is 20.1 Å². The number of pyridine rings is 1. The van der Waals surface area contributed by atoms with E-state index in [1.54, 1.807) is 6.20 Å². The lowest BCUT2D eigenvalue weighted by atomic mass is 9.83. The fourth-order valence-corrected chi connectivity index (χ4v) is 9.60. The largest absolute Gasteiger partial charge is 0.472 e. The molecule has 2 aliphatic heterocycles. The number of rotatable bonds is 7. The molecule has 4 bridgehead atoms. The van der Waals surface area contributed by atoms with Crippen molar-refractivity contribution >= 4 is 44.6 Å². The van der Waals surface area contributed by atoms with E-state index in [-0.39, 0.29) is 31.4 Å². The average molecular weight is 724 g/mol. The Kier molecular flexibility index (Phi) is 10.1. The molecule has 5 aliphatic rings. The van der Waals surface area contributed by atoms with E-state index in [1.807, 2.05) is 19.1 Å². The smallest absolute Gasteiger partial charge is 0.407 e. The summed E-state index contributed by atoms with van der Waals surface area (Å²) in [6, 6.07) is 6.16. The molecule has 4 amide bonds. The summed E-state index contributed by atoms with van der Waals surface area (Å²) in [5.41, 5.74) is -0.273. The van der Waals surface area contributed by atoms with E-state index in [0.717, 1.165) is 67.7 Å². The van der Waals surface area contributed by atoms with Gasteiger partial charge in [-0.2, -0.15) is 0 Å². The fourth-order valence-electron chi connectivity index (χ4n) is 8.24. The molecule has 1 saturated heterocycles. The van der Waals surface area contributed by atoms with Crippen LogP contribution in [0.25, 0.3) is 10.8 Å². The normalized spacial score (nSPS) is 29.3. The van der Waals surface area contributed by atoms with Crippen molar-refractivity contribution < 1.29 is 37.1 Å². The van der Waals surface area contributed by atoms with Crippen LogP contribution in [-0.2, 0) is 35.6 Å². The second-order valence-electron chi connectivity index (χ2n) is 15.1. The van der Waals surface area contributed by atoms with Crippen LogP contribution in [0.3, 0.4) is 0 Å². The van der Waals surface area contributed by atoms with E-state index in [9.17, 15) is 27.6 Å². The number of carbonyl (C=O) groups is 4. The molecule has 0 unspecified atom stereocenters. The van der Waals surface area contributed by atoms with Crippen molar-refractivity contribution in [3.05, 3.63) is 36.0 Å². The van der Waals surface area contributed by atoms with Gasteiger partial charge < -0.3 is 25.0 Å². The van der Waals surface area contributed by atoms with Gasteiger partial charge in [-0.3, -0.25) is 19.1 Å². The van der Waals surface area contributed by atoms with Gasteiger partial charge in [-0.1, -0.05) is 44.7 Å². The first-order chi connectivity index (χ1) is 24.6. The molecule has 51 heavy (non-hydrogen) atoms. The van der Waals surface area contributed by atoms with Crippen LogP contribution in [0.1, 0.15) is 96.0 Å². The molecule has 1 aromatic heterocycles. The number of nitrogens with zero attached hydrogens (tertiary/aromatic N) is 2. The third-order valence-electron chi connectivity index (χ3n) is 11.5. The lowest BCUT2D eigenvalue weighted by Gasteiger charge is -2.34. The lowest BCUT2D eigenvalue weighted by Crippen LogP contribution is -2.59. The molecule has 13 nitrogen and oxygen atoms in total. The Hall–Kier alpha value is -3.94. The van der Waals surface area contributed by atoms with Crippen molar-refractivity contribution in [1.82, 2.24) is 25.2 Å². The second kappa shape index (κ2) is 14.6. The number of aromatic nitrogens is 1. The molecule has 1 aromatic carbocycles. The number of hydrogen-bond donors (Lipinski definition) is 3. The summed E-state index contributed by atoms with van der Waals surface area (Å²) in [4.78, 5) is 61.7. The molecule has 5 atom stereocenters. The van der Waals surface area contributed by atoms with Crippen LogP contribution in [-0.4, -0.2) is 84.2 Å². The van der Waals surface area contributed by atoms with Crippen LogP contribution in [0.2, 0.25) is 0 Å². The standard InChI is InChI=1S/C37H49N5O8S/c1-2-26-21-37(26,35(45)41-51(47,48)28-14-15-28)40-32(43)30-20-27-22-42(30)34(44)31(25-10-6-3-7-11-25)39-36(46)49-18-8-4-5-9-23-12-13-24-16-17-38-33(50-27)29(24)19-23/h12-13,16-17,19,25-28,30-31H,2-11,14-15,18,20-22H2,1H3,(H,39,46)(H,40,43)(H,41,45)/t26-,27-,30+,31+,37-/m1/s1. The highest BCUT2D eigenvalue weighted by Gasteiger charge is 2.62. The number of hydrogen-bond acceptors (Lipinski definition) is 9. The fraction of sp³-hybridized carbons (Fsp3) is 0.649. The van der Waals surface area contributed by atoms with E-state index < -0.39 is 62.8 Å². The van der Waals surface area contributed by atoms with Crippen molar-refractivity contribution in [2.75, 3.05) is 13.2 Å². The quantitative estimate of drug-likeness (QED) is 0.383. The van der Waals surface area contributed by atoms with Crippen molar-refractivity contribution in [3.63, 3.8) is 0 Å². The Bertz CT molecular complexity index is 1780. The molecule has 3 aliphatic carbocycles. The van der Waals surface area contributed by atoms with Gasteiger partial charge in [0, 0.05) is 18.0 Å². The molecular formula is C37H49N5O8S. The molecule has 0 spiro atoms. The number of benzene rings is 1. The van der Waals surface area contributed by atoms with E-state index in [0.29, 0.717) is 38.0 Å². The molecule has 3 N–H and O–H groups in total. The predicted molar refractivity (Wildman–Crippen MR) is 188 cm³/mol. The first-order valence-electron chi connectivity index (χ1n) is 18.7. The number of aryl methyl sites for hydroxylation is 1. The molecule has 7 rings (SSSR count). The Morgan fingerprint density at radius 1 is 1.04 bits per heavy atom. The molecule has 0 radical (unpaired) electrons. The highest BCUT2D eigenvalue weighted by atomic mass is 32.2. The van der Waals surface area contributed by atoms with Crippen LogP contribution >= 0.6 is 0 Å². The van der Waals surface area contributed by atoms with Gasteiger partial charge in [0.2, 0.25) is 27.7 Å². The summed E-state index contributed by atoms with van der Waals surface area (Å²) in [6.45, 7) is 2.17. The number of nitrogens with one attached hydrogen (secondary N) is 3. The van der Waals surface area contributed by atoms with Crippen LogP contribution in [0.4, 0.5) is 4.79 Å². The zero-order chi connectivity index (χ0) is 35.8. The number of cyclic esters (lactones) is 1. The molecule has 3 heterocycles. The third kappa shape index (κ3) is 7.66. The van der Waals surface area contributed by atoms with Crippen molar-refractivity contribution in [3.8, 4) is 5.88 Å². The molecular weight excluding hydrogens is 675 g/mol. The lowest BCUT2D eigenvalue weighted by molar-refractivity contribution is -0.142. The highest BCUT2D eigenvalue weighted by molar-refractivity contribution is 7.91. The number of fused-ring (bicyclic) bond motifs is 3. The topological polar surface area (TPSA) is 173 Å². The second-order valence-corrected chi connectivity index (χ2v) is 17.0. The van der Waals surface area contributed by atoms with Gasteiger partial charge in [-0.05, 0) is 92.7 Å². The maximum atomic E-state index is 14.6. The Morgan fingerprint density at radius 2 is 1.82 bits per heavy atom. The van der Waals surface area contributed by atoms with Gasteiger partial charge in [0.15, 0.2) is 0 Å². The van der Waals surface area contributed by atoms with Crippen molar-refractivity contribution in [2.45, 2.75) is 126 Å². The minimum absolute atomic E-state index is 0.0566. The Labute approximate surface area is 299 Å². The van der Waals surface area contributed by atoms with Crippen molar-refractivity contribution in [1.29, 1.82) is 0 Å². The molecule has 4 fully saturated rings. The minimum atomic E-state index is -3.84. The third-order valence-corrected chi connectivity index (χ3v) is 13.3. The molecule has 2 aromatic rings. The first-order valence-corrected chi connectivity index (χ1v) is 20.3. The predicted octanol–water partition coefficient (Wildman–Crippen LogP) is 3.88. The average Bonchev–Trinajstić information content (AvgIpc) is 4.05. The summed E-state index contributed by atoms with van der Waals surface area (Å²) in [6.07, 6.45) is 10.1. The maximum absolute atomic E-state index is 14.6.